The van der Waals surface area contributed by atoms with Gasteiger partial charge >= 0.3 is 5.97 Å². The lowest BCUT2D eigenvalue weighted by Gasteiger charge is -2.28. The third-order valence-electron chi connectivity index (χ3n) is 5.02. The summed E-state index contributed by atoms with van der Waals surface area (Å²) in [6.07, 6.45) is 5.51. The van der Waals surface area contributed by atoms with E-state index in [9.17, 15) is 14.7 Å². The van der Waals surface area contributed by atoms with E-state index in [-0.39, 0.29) is 11.9 Å². The van der Waals surface area contributed by atoms with Gasteiger partial charge in [-0.15, -0.1) is 0 Å². The number of ether oxygens (including phenoxy) is 1. The molecule has 0 aromatic heterocycles. The number of nitrogens with one attached hydrogen (secondary N) is 1. The standard InChI is InChI=1S/C16H28N2O4/c1-22-11-10-18-9-6-13(12-18)17-14(19)16(15(20)21)7-4-2-3-5-8-16/h13H,2-12H2,1H3,(H,17,19)(H,20,21). The van der Waals surface area contributed by atoms with Crippen molar-refractivity contribution >= 4 is 11.9 Å². The van der Waals surface area contributed by atoms with Crippen LogP contribution in [0, 0.1) is 5.41 Å². The van der Waals surface area contributed by atoms with E-state index in [0.29, 0.717) is 19.4 Å². The van der Waals surface area contributed by atoms with Crippen LogP contribution in [0.15, 0.2) is 0 Å². The van der Waals surface area contributed by atoms with E-state index in [1.54, 1.807) is 7.11 Å². The molecule has 0 spiro atoms. The maximum absolute atomic E-state index is 12.7. The number of nitrogens with zero attached hydrogens (tertiary/aromatic N) is 1. The van der Waals surface area contributed by atoms with Gasteiger partial charge in [0.15, 0.2) is 0 Å². The summed E-state index contributed by atoms with van der Waals surface area (Å²) in [7, 11) is 1.68. The first kappa shape index (κ1) is 17.2. The Hall–Kier alpha value is -1.14. The lowest BCUT2D eigenvalue weighted by atomic mass is 9.79. The van der Waals surface area contributed by atoms with Crippen molar-refractivity contribution in [3.63, 3.8) is 0 Å². The van der Waals surface area contributed by atoms with Crippen LogP contribution < -0.4 is 5.32 Å². The number of aliphatic carboxylic acids is 1. The predicted molar refractivity (Wildman–Crippen MR) is 82.6 cm³/mol. The normalized spacial score (nSPS) is 25.6. The van der Waals surface area contributed by atoms with Crippen molar-refractivity contribution in [1.82, 2.24) is 10.2 Å². The third kappa shape index (κ3) is 3.98. The van der Waals surface area contributed by atoms with Gasteiger partial charge in [-0.3, -0.25) is 14.5 Å². The van der Waals surface area contributed by atoms with Crippen molar-refractivity contribution in [2.24, 2.45) is 5.41 Å². The highest BCUT2D eigenvalue weighted by molar-refractivity contribution is 6.02. The summed E-state index contributed by atoms with van der Waals surface area (Å²) in [5.74, 6) is -1.23. The van der Waals surface area contributed by atoms with Crippen LogP contribution in [-0.4, -0.2) is 61.3 Å². The van der Waals surface area contributed by atoms with Crippen molar-refractivity contribution in [2.75, 3.05) is 33.4 Å². The molecular formula is C16H28N2O4. The first-order chi connectivity index (χ1) is 10.6. The molecule has 1 unspecified atom stereocenters. The average Bonchev–Trinajstić information content (AvgIpc) is 2.78. The molecule has 0 bridgehead atoms. The Morgan fingerprint density at radius 3 is 2.55 bits per heavy atom. The zero-order valence-electron chi connectivity index (χ0n) is 13.5. The average molecular weight is 312 g/mol. The molecule has 1 heterocycles. The SMILES string of the molecule is COCCN1CCC(NC(=O)C2(C(=O)O)CCCCCC2)C1. The molecule has 1 saturated heterocycles. The highest BCUT2D eigenvalue weighted by Crippen LogP contribution is 2.36. The highest BCUT2D eigenvalue weighted by atomic mass is 16.5. The summed E-state index contributed by atoms with van der Waals surface area (Å²) in [5.41, 5.74) is -1.21. The molecule has 1 aliphatic heterocycles. The monoisotopic (exact) mass is 312 g/mol. The first-order valence-corrected chi connectivity index (χ1v) is 8.34. The Labute approximate surface area is 132 Å². The van der Waals surface area contributed by atoms with Gasteiger partial charge in [0.2, 0.25) is 5.91 Å². The fourth-order valence-corrected chi connectivity index (χ4v) is 3.57. The quantitative estimate of drug-likeness (QED) is 0.570. The Morgan fingerprint density at radius 1 is 1.27 bits per heavy atom. The largest absolute Gasteiger partial charge is 0.480 e. The van der Waals surface area contributed by atoms with Gasteiger partial charge in [-0.05, 0) is 19.3 Å². The molecule has 0 aromatic rings. The van der Waals surface area contributed by atoms with Crippen LogP contribution in [0.2, 0.25) is 0 Å². The van der Waals surface area contributed by atoms with Crippen LogP contribution in [0.25, 0.3) is 0 Å². The second kappa shape index (κ2) is 7.92. The molecule has 2 fully saturated rings. The van der Waals surface area contributed by atoms with Crippen LogP contribution in [0.3, 0.4) is 0 Å². The number of amides is 1. The summed E-state index contributed by atoms with van der Waals surface area (Å²) in [6, 6.07) is 0.0591. The molecule has 1 aliphatic carbocycles. The van der Waals surface area contributed by atoms with Gasteiger partial charge in [-0.2, -0.15) is 0 Å². The van der Waals surface area contributed by atoms with Crippen molar-refractivity contribution in [3.8, 4) is 0 Å². The minimum Gasteiger partial charge on any atom is -0.480 e. The van der Waals surface area contributed by atoms with E-state index in [4.69, 9.17) is 4.74 Å². The molecule has 1 amide bonds. The molecule has 2 rings (SSSR count). The number of carbonyl (C=O) groups is 2. The van der Waals surface area contributed by atoms with Crippen LogP contribution in [0.4, 0.5) is 0 Å². The van der Waals surface area contributed by atoms with E-state index < -0.39 is 11.4 Å². The van der Waals surface area contributed by atoms with Crippen LogP contribution in [0.5, 0.6) is 0 Å². The van der Waals surface area contributed by atoms with E-state index >= 15 is 0 Å². The summed E-state index contributed by atoms with van der Waals surface area (Å²) < 4.78 is 5.07. The number of carboxylic acid groups (broad SMARTS) is 1. The van der Waals surface area contributed by atoms with Crippen LogP contribution >= 0.6 is 0 Å². The Balaban J connectivity index is 1.93. The van der Waals surface area contributed by atoms with Crippen LogP contribution in [-0.2, 0) is 14.3 Å². The minimum atomic E-state index is -1.21. The number of hydrogen-bond acceptors (Lipinski definition) is 4. The molecule has 1 atom stereocenters. The first-order valence-electron chi connectivity index (χ1n) is 8.34. The summed E-state index contributed by atoms with van der Waals surface area (Å²) in [4.78, 5) is 26.7. The van der Waals surface area contributed by atoms with Crippen molar-refractivity contribution in [3.05, 3.63) is 0 Å². The minimum absolute atomic E-state index is 0.0591. The molecule has 126 valence electrons. The molecule has 0 aromatic carbocycles. The number of rotatable bonds is 6. The number of hydrogen-bond donors (Lipinski definition) is 2. The maximum Gasteiger partial charge on any atom is 0.319 e. The van der Waals surface area contributed by atoms with Gasteiger partial charge < -0.3 is 15.2 Å². The smallest absolute Gasteiger partial charge is 0.319 e. The summed E-state index contributed by atoms with van der Waals surface area (Å²) in [6.45, 7) is 3.24. The van der Waals surface area contributed by atoms with Gasteiger partial charge in [0.05, 0.1) is 6.61 Å². The molecule has 1 saturated carbocycles. The van der Waals surface area contributed by atoms with E-state index in [1.165, 1.54) is 0 Å². The van der Waals surface area contributed by atoms with E-state index in [1.807, 2.05) is 0 Å². The van der Waals surface area contributed by atoms with E-state index in [2.05, 4.69) is 10.2 Å². The number of methoxy groups -OCH3 is 1. The van der Waals surface area contributed by atoms with Crippen molar-refractivity contribution in [2.45, 2.75) is 51.0 Å². The number of likely N-dealkylation sites (tertiary alicyclic amines) is 1. The zero-order valence-corrected chi connectivity index (χ0v) is 13.5. The Bertz CT molecular complexity index is 392. The number of carboxylic acids is 1. The molecule has 22 heavy (non-hydrogen) atoms. The van der Waals surface area contributed by atoms with Gasteiger partial charge in [0.25, 0.3) is 0 Å². The molecule has 6 nitrogen and oxygen atoms in total. The molecule has 2 N–H and O–H groups in total. The maximum atomic E-state index is 12.7. The van der Waals surface area contributed by atoms with Gasteiger partial charge in [-0.25, -0.2) is 0 Å². The van der Waals surface area contributed by atoms with E-state index in [0.717, 1.165) is 51.7 Å². The third-order valence-corrected chi connectivity index (χ3v) is 5.02. The predicted octanol–water partition coefficient (Wildman–Crippen LogP) is 1.25. The lowest BCUT2D eigenvalue weighted by molar-refractivity contribution is -0.157. The fraction of sp³-hybridized carbons (Fsp3) is 0.875. The highest BCUT2D eigenvalue weighted by Gasteiger charge is 2.46. The van der Waals surface area contributed by atoms with Crippen molar-refractivity contribution in [1.29, 1.82) is 0 Å². The number of carbonyl (C=O) groups excluding carboxylic acids is 1. The van der Waals surface area contributed by atoms with Gasteiger partial charge in [0, 0.05) is 32.8 Å². The summed E-state index contributed by atoms with van der Waals surface area (Å²) in [5, 5.41) is 12.6. The molecular weight excluding hydrogens is 284 g/mol. The van der Waals surface area contributed by atoms with Crippen LogP contribution in [0.1, 0.15) is 44.9 Å². The zero-order chi connectivity index (χ0) is 16.0. The Morgan fingerprint density at radius 2 is 1.95 bits per heavy atom. The van der Waals surface area contributed by atoms with Gasteiger partial charge in [0.1, 0.15) is 5.41 Å². The Kier molecular flexibility index (Phi) is 6.20. The second-order valence-corrected chi connectivity index (χ2v) is 6.55. The fourth-order valence-electron chi connectivity index (χ4n) is 3.57. The summed E-state index contributed by atoms with van der Waals surface area (Å²) >= 11 is 0. The topological polar surface area (TPSA) is 78.9 Å². The van der Waals surface area contributed by atoms with Crippen molar-refractivity contribution < 1.29 is 19.4 Å². The molecule has 6 heteroatoms. The molecule has 0 radical (unpaired) electrons. The van der Waals surface area contributed by atoms with Gasteiger partial charge in [-0.1, -0.05) is 25.7 Å². The molecule has 2 aliphatic rings. The second-order valence-electron chi connectivity index (χ2n) is 6.55. The lowest BCUT2D eigenvalue weighted by Crippen LogP contribution is -2.50.